The maximum absolute atomic E-state index is 13.2. The van der Waals surface area contributed by atoms with Gasteiger partial charge in [-0.3, -0.25) is 9.52 Å². The predicted molar refractivity (Wildman–Crippen MR) is 92.4 cm³/mol. The zero-order chi connectivity index (χ0) is 20.0. The van der Waals surface area contributed by atoms with Crippen LogP contribution in [-0.2, 0) is 21.0 Å². The second kappa shape index (κ2) is 6.61. The lowest BCUT2D eigenvalue weighted by molar-refractivity contribution is -0.139. The third-order valence-electron chi connectivity index (χ3n) is 3.70. The Kier molecular flexibility index (Phi) is 4.73. The Labute approximate surface area is 157 Å². The number of fused-ring (bicyclic) bond motifs is 1. The van der Waals surface area contributed by atoms with Crippen LogP contribution in [0.3, 0.4) is 0 Å². The normalized spacial score (nSPS) is 16.9. The lowest BCUT2D eigenvalue weighted by Gasteiger charge is -2.24. The van der Waals surface area contributed by atoms with E-state index in [1.165, 1.54) is 25.1 Å². The van der Waals surface area contributed by atoms with E-state index in [1.807, 2.05) is 0 Å². The van der Waals surface area contributed by atoms with E-state index in [9.17, 15) is 26.4 Å². The number of halogens is 4. The van der Waals surface area contributed by atoms with Gasteiger partial charge in [0.15, 0.2) is 6.10 Å². The van der Waals surface area contributed by atoms with Crippen LogP contribution >= 0.6 is 11.6 Å². The Balaban J connectivity index is 1.97. The van der Waals surface area contributed by atoms with Crippen LogP contribution in [-0.4, -0.2) is 20.4 Å². The SMILES string of the molecule is CC1Oc2ccc(NS(=O)(=O)c3ccc(Cl)cc3C(F)(F)F)cc2NC1=O. The van der Waals surface area contributed by atoms with E-state index >= 15 is 0 Å². The van der Waals surface area contributed by atoms with Gasteiger partial charge in [0.1, 0.15) is 5.75 Å². The first-order valence-electron chi connectivity index (χ1n) is 7.48. The molecule has 144 valence electrons. The van der Waals surface area contributed by atoms with Crippen molar-refractivity contribution in [3.05, 3.63) is 47.0 Å². The van der Waals surface area contributed by atoms with E-state index in [1.54, 1.807) is 0 Å². The van der Waals surface area contributed by atoms with E-state index in [0.717, 1.165) is 12.1 Å². The highest BCUT2D eigenvalue weighted by atomic mass is 35.5. The molecule has 27 heavy (non-hydrogen) atoms. The summed E-state index contributed by atoms with van der Waals surface area (Å²) < 4.78 is 71.9. The molecule has 2 N–H and O–H groups in total. The first-order valence-corrected chi connectivity index (χ1v) is 9.34. The van der Waals surface area contributed by atoms with Crippen LogP contribution in [0, 0.1) is 0 Å². The van der Waals surface area contributed by atoms with Crippen molar-refractivity contribution in [3.8, 4) is 5.75 Å². The summed E-state index contributed by atoms with van der Waals surface area (Å²) in [6.07, 6.45) is -5.63. The fourth-order valence-electron chi connectivity index (χ4n) is 2.44. The molecule has 1 heterocycles. The van der Waals surface area contributed by atoms with E-state index in [4.69, 9.17) is 16.3 Å². The third kappa shape index (κ3) is 3.96. The number of sulfonamides is 1. The summed E-state index contributed by atoms with van der Waals surface area (Å²) in [6, 6.07) is 6.32. The van der Waals surface area contributed by atoms with E-state index in [0.29, 0.717) is 11.8 Å². The Hall–Kier alpha value is -2.46. The molecule has 2 aromatic carbocycles. The van der Waals surface area contributed by atoms with Crippen molar-refractivity contribution in [2.45, 2.75) is 24.1 Å². The van der Waals surface area contributed by atoms with Crippen LogP contribution in [0.15, 0.2) is 41.3 Å². The van der Waals surface area contributed by atoms with Crippen molar-refractivity contribution < 1.29 is 31.1 Å². The molecule has 0 aliphatic carbocycles. The van der Waals surface area contributed by atoms with Crippen molar-refractivity contribution in [2.24, 2.45) is 0 Å². The molecule has 11 heteroatoms. The Bertz CT molecular complexity index is 1020. The quantitative estimate of drug-likeness (QED) is 0.789. The highest BCUT2D eigenvalue weighted by molar-refractivity contribution is 7.92. The number of carbonyl (C=O) groups is 1. The zero-order valence-electron chi connectivity index (χ0n) is 13.6. The molecule has 0 saturated heterocycles. The fourth-order valence-corrected chi connectivity index (χ4v) is 3.87. The largest absolute Gasteiger partial charge is 0.479 e. The highest BCUT2D eigenvalue weighted by Crippen LogP contribution is 2.37. The molecule has 0 fully saturated rings. The van der Waals surface area contributed by atoms with Crippen molar-refractivity contribution in [1.29, 1.82) is 0 Å². The Morgan fingerprint density at radius 3 is 2.56 bits per heavy atom. The molecule has 1 aliphatic rings. The molecule has 0 bridgehead atoms. The van der Waals surface area contributed by atoms with Crippen LogP contribution in [0.4, 0.5) is 24.5 Å². The van der Waals surface area contributed by atoms with Crippen LogP contribution in [0.2, 0.25) is 5.02 Å². The summed E-state index contributed by atoms with van der Waals surface area (Å²) in [5.41, 5.74) is -1.23. The third-order valence-corrected chi connectivity index (χ3v) is 5.37. The first-order chi connectivity index (χ1) is 12.5. The number of anilines is 2. The van der Waals surface area contributed by atoms with Crippen LogP contribution in [0.25, 0.3) is 0 Å². The monoisotopic (exact) mass is 420 g/mol. The highest BCUT2D eigenvalue weighted by Gasteiger charge is 2.37. The molecule has 0 spiro atoms. The van der Waals surface area contributed by atoms with Gasteiger partial charge in [-0.15, -0.1) is 0 Å². The molecule has 1 atom stereocenters. The Morgan fingerprint density at radius 2 is 1.89 bits per heavy atom. The smallest absolute Gasteiger partial charge is 0.417 e. The average molecular weight is 421 g/mol. The molecule has 6 nitrogen and oxygen atoms in total. The van der Waals surface area contributed by atoms with Gasteiger partial charge in [-0.2, -0.15) is 13.2 Å². The van der Waals surface area contributed by atoms with Crippen molar-refractivity contribution in [1.82, 2.24) is 0 Å². The van der Waals surface area contributed by atoms with Crippen molar-refractivity contribution in [2.75, 3.05) is 10.0 Å². The van der Waals surface area contributed by atoms with Gasteiger partial charge in [0.05, 0.1) is 21.8 Å². The standard InChI is InChI=1S/C16H12ClF3N2O4S/c1-8-15(23)21-12-7-10(3-4-13(12)26-8)22-27(24,25)14-5-2-9(17)6-11(14)16(18,19)20/h2-8,22H,1H3,(H,21,23). The molecule has 0 aromatic heterocycles. The van der Waals surface area contributed by atoms with Gasteiger partial charge >= 0.3 is 6.18 Å². The molecular weight excluding hydrogens is 409 g/mol. The van der Waals surface area contributed by atoms with Gasteiger partial charge in [0.25, 0.3) is 15.9 Å². The second-order valence-corrected chi connectivity index (χ2v) is 7.79. The molecule has 1 amide bonds. The number of alkyl halides is 3. The van der Waals surface area contributed by atoms with Crippen LogP contribution < -0.4 is 14.8 Å². The van der Waals surface area contributed by atoms with Gasteiger partial charge in [0.2, 0.25) is 0 Å². The summed E-state index contributed by atoms with van der Waals surface area (Å²) in [6.45, 7) is 1.54. The summed E-state index contributed by atoms with van der Waals surface area (Å²) in [4.78, 5) is 10.7. The number of benzene rings is 2. The number of carbonyl (C=O) groups excluding carboxylic acids is 1. The number of hydrogen-bond donors (Lipinski definition) is 2. The zero-order valence-corrected chi connectivity index (χ0v) is 15.2. The summed E-state index contributed by atoms with van der Waals surface area (Å²) in [5, 5.41) is 2.28. The van der Waals surface area contributed by atoms with E-state index in [-0.39, 0.29) is 16.4 Å². The summed E-state index contributed by atoms with van der Waals surface area (Å²) in [5.74, 6) is -0.118. The minimum absolute atomic E-state index is 0.0460. The second-order valence-electron chi connectivity index (χ2n) is 5.70. The lowest BCUT2D eigenvalue weighted by Crippen LogP contribution is -2.34. The number of hydrogen-bond acceptors (Lipinski definition) is 4. The van der Waals surface area contributed by atoms with Crippen LogP contribution in [0.1, 0.15) is 12.5 Å². The molecule has 0 saturated carbocycles. The van der Waals surface area contributed by atoms with Crippen molar-refractivity contribution in [3.63, 3.8) is 0 Å². The molecule has 3 rings (SSSR count). The maximum Gasteiger partial charge on any atom is 0.417 e. The number of amides is 1. The maximum atomic E-state index is 13.2. The summed E-state index contributed by atoms with van der Waals surface area (Å²) in [7, 11) is -4.58. The van der Waals surface area contributed by atoms with Gasteiger partial charge in [-0.05, 0) is 43.3 Å². The molecule has 1 aliphatic heterocycles. The number of ether oxygens (including phenoxy) is 1. The average Bonchev–Trinajstić information content (AvgIpc) is 2.55. The fraction of sp³-hybridized carbons (Fsp3) is 0.188. The van der Waals surface area contributed by atoms with Gasteiger partial charge in [-0.25, -0.2) is 8.42 Å². The summed E-state index contributed by atoms with van der Waals surface area (Å²) >= 11 is 5.57. The minimum Gasteiger partial charge on any atom is -0.479 e. The van der Waals surface area contributed by atoms with E-state index < -0.39 is 38.7 Å². The lowest BCUT2D eigenvalue weighted by atomic mass is 10.2. The topological polar surface area (TPSA) is 84.5 Å². The minimum atomic E-state index is -4.91. The van der Waals surface area contributed by atoms with Crippen molar-refractivity contribution >= 4 is 38.9 Å². The van der Waals surface area contributed by atoms with Gasteiger partial charge in [-0.1, -0.05) is 11.6 Å². The van der Waals surface area contributed by atoms with Gasteiger partial charge in [0, 0.05) is 5.02 Å². The molecule has 2 aromatic rings. The number of rotatable bonds is 3. The molecule has 0 radical (unpaired) electrons. The predicted octanol–water partition coefficient (Wildman–Crippen LogP) is 3.88. The van der Waals surface area contributed by atoms with Gasteiger partial charge < -0.3 is 10.1 Å². The Morgan fingerprint density at radius 1 is 1.19 bits per heavy atom. The first kappa shape index (κ1) is 19.3. The molecule has 1 unspecified atom stereocenters. The number of nitrogens with one attached hydrogen (secondary N) is 2. The van der Waals surface area contributed by atoms with E-state index in [2.05, 4.69) is 10.0 Å². The van der Waals surface area contributed by atoms with Crippen LogP contribution in [0.5, 0.6) is 5.75 Å². The molecular formula is C16H12ClF3N2O4S.